The topological polar surface area (TPSA) is 27.7 Å². The number of ether oxygens (including phenoxy) is 3. The van der Waals surface area contributed by atoms with Gasteiger partial charge in [0.2, 0.25) is 0 Å². The number of hydrogen-bond acceptors (Lipinski definition) is 3. The fourth-order valence-corrected chi connectivity index (χ4v) is 2.59. The second-order valence-electron chi connectivity index (χ2n) is 6.23. The van der Waals surface area contributed by atoms with E-state index >= 15 is 0 Å². The third kappa shape index (κ3) is 7.29. The van der Waals surface area contributed by atoms with Crippen LogP contribution in [-0.4, -0.2) is 13.2 Å². The maximum absolute atomic E-state index is 6.02. The molecule has 3 heteroatoms. The molecule has 3 aromatic carbocycles. The first-order valence-corrected chi connectivity index (χ1v) is 9.42. The van der Waals surface area contributed by atoms with Crippen LogP contribution >= 0.6 is 0 Å². The van der Waals surface area contributed by atoms with Crippen molar-refractivity contribution in [3.63, 3.8) is 0 Å². The zero-order valence-corrected chi connectivity index (χ0v) is 15.9. The molecule has 0 spiro atoms. The summed E-state index contributed by atoms with van der Waals surface area (Å²) in [5.74, 6) is 1.68. The predicted molar refractivity (Wildman–Crippen MR) is 112 cm³/mol. The van der Waals surface area contributed by atoms with Crippen molar-refractivity contribution in [2.45, 2.75) is 13.0 Å². The van der Waals surface area contributed by atoms with Gasteiger partial charge in [0.05, 0.1) is 13.2 Å². The molecule has 0 atom stereocenters. The fourth-order valence-electron chi connectivity index (χ4n) is 2.59. The molecule has 0 aromatic heterocycles. The van der Waals surface area contributed by atoms with Crippen LogP contribution in [0.1, 0.15) is 12.0 Å². The van der Waals surface area contributed by atoms with Gasteiger partial charge >= 0.3 is 0 Å². The lowest BCUT2D eigenvalue weighted by Gasteiger charge is -2.16. The molecule has 1 radical (unpaired) electrons. The molecule has 0 aliphatic rings. The maximum atomic E-state index is 6.02. The van der Waals surface area contributed by atoms with Crippen molar-refractivity contribution in [2.24, 2.45) is 0 Å². The lowest BCUT2D eigenvalue weighted by molar-refractivity contribution is 0.0900. The van der Waals surface area contributed by atoms with Gasteiger partial charge in [0.15, 0.2) is 6.10 Å². The molecular weight excluding hydrogens is 348 g/mol. The van der Waals surface area contributed by atoms with Crippen LogP contribution < -0.4 is 9.47 Å². The maximum Gasteiger partial charge on any atom is 0.177 e. The second-order valence-corrected chi connectivity index (χ2v) is 6.23. The van der Waals surface area contributed by atoms with Gasteiger partial charge in [-0.2, -0.15) is 0 Å². The minimum atomic E-state index is 0.438. The Kier molecular flexibility index (Phi) is 8.19. The van der Waals surface area contributed by atoms with Crippen molar-refractivity contribution < 1.29 is 14.2 Å². The molecule has 0 saturated carbocycles. The van der Waals surface area contributed by atoms with E-state index in [9.17, 15) is 0 Å². The molecule has 0 heterocycles. The molecule has 3 nitrogen and oxygen atoms in total. The standard InChI is InChI=1S/C25H25O3/c1-4-12-22(13-5-1)20-26-21-25(28-24-16-8-3-9-17-24)18-10-11-19-27-23-14-6-2-7-15-23/h1-17H,18-21H2. The van der Waals surface area contributed by atoms with Crippen LogP contribution in [0.5, 0.6) is 11.5 Å². The first-order chi connectivity index (χ1) is 13.9. The first kappa shape index (κ1) is 19.7. The number of hydrogen-bond donors (Lipinski definition) is 0. The lowest BCUT2D eigenvalue weighted by atomic mass is 10.2. The van der Waals surface area contributed by atoms with E-state index in [0.717, 1.165) is 23.2 Å². The van der Waals surface area contributed by atoms with Gasteiger partial charge in [-0.05, 0) is 29.8 Å². The summed E-state index contributed by atoms with van der Waals surface area (Å²) >= 11 is 0. The van der Waals surface area contributed by atoms with Crippen LogP contribution in [0.25, 0.3) is 0 Å². The molecular formula is C25H25O3. The minimum absolute atomic E-state index is 0.438. The quantitative estimate of drug-likeness (QED) is 0.395. The summed E-state index contributed by atoms with van der Waals surface area (Å²) in [6, 6.07) is 29.7. The van der Waals surface area contributed by atoms with E-state index in [1.165, 1.54) is 0 Å². The summed E-state index contributed by atoms with van der Waals surface area (Å²) < 4.78 is 17.5. The van der Waals surface area contributed by atoms with E-state index in [1.54, 1.807) is 0 Å². The SMILES string of the molecule is C(=CC[C](COCc1ccccc1)Oc1ccccc1)COc1ccccc1. The molecule has 28 heavy (non-hydrogen) atoms. The third-order valence-electron chi connectivity index (χ3n) is 3.98. The van der Waals surface area contributed by atoms with Crippen LogP contribution in [0, 0.1) is 6.10 Å². The van der Waals surface area contributed by atoms with E-state index in [-0.39, 0.29) is 0 Å². The van der Waals surface area contributed by atoms with Crippen molar-refractivity contribution in [1.29, 1.82) is 0 Å². The summed E-state index contributed by atoms with van der Waals surface area (Å²) in [5.41, 5.74) is 1.15. The summed E-state index contributed by atoms with van der Waals surface area (Å²) in [6.45, 7) is 1.52. The van der Waals surface area contributed by atoms with Crippen molar-refractivity contribution in [2.75, 3.05) is 13.2 Å². The van der Waals surface area contributed by atoms with Gasteiger partial charge in [0.25, 0.3) is 0 Å². The monoisotopic (exact) mass is 373 g/mol. The zero-order chi connectivity index (χ0) is 19.3. The predicted octanol–water partition coefficient (Wildman–Crippen LogP) is 5.84. The normalized spacial score (nSPS) is 11.0. The van der Waals surface area contributed by atoms with Gasteiger partial charge in [-0.15, -0.1) is 0 Å². The molecule has 0 N–H and O–H groups in total. The Labute approximate surface area is 167 Å². The van der Waals surface area contributed by atoms with Crippen LogP contribution in [0.2, 0.25) is 0 Å². The largest absolute Gasteiger partial charge is 0.490 e. The number of benzene rings is 3. The molecule has 3 aromatic rings. The summed E-state index contributed by atoms with van der Waals surface area (Å²) in [4.78, 5) is 0. The van der Waals surface area contributed by atoms with E-state index < -0.39 is 0 Å². The second kappa shape index (κ2) is 11.6. The highest BCUT2D eigenvalue weighted by Crippen LogP contribution is 2.18. The highest BCUT2D eigenvalue weighted by molar-refractivity contribution is 5.23. The molecule has 0 amide bonds. The summed E-state index contributed by atoms with van der Waals surface area (Å²) in [6.07, 6.45) is 5.58. The van der Waals surface area contributed by atoms with Crippen LogP contribution in [0.3, 0.4) is 0 Å². The molecule has 0 unspecified atom stereocenters. The minimum Gasteiger partial charge on any atom is -0.490 e. The Bertz CT molecular complexity index is 801. The van der Waals surface area contributed by atoms with Gasteiger partial charge in [-0.3, -0.25) is 0 Å². The number of para-hydroxylation sites is 2. The molecule has 0 aliphatic heterocycles. The Morgan fingerprint density at radius 3 is 1.96 bits per heavy atom. The zero-order valence-electron chi connectivity index (χ0n) is 15.9. The molecule has 143 valence electrons. The average Bonchev–Trinajstić information content (AvgIpc) is 2.75. The van der Waals surface area contributed by atoms with Crippen LogP contribution in [-0.2, 0) is 11.3 Å². The molecule has 0 bridgehead atoms. The first-order valence-electron chi connectivity index (χ1n) is 9.42. The lowest BCUT2D eigenvalue weighted by Crippen LogP contribution is -2.14. The van der Waals surface area contributed by atoms with Crippen molar-refractivity contribution in [3.8, 4) is 11.5 Å². The molecule has 0 aliphatic carbocycles. The summed E-state index contributed by atoms with van der Waals surface area (Å²) in [7, 11) is 0. The van der Waals surface area contributed by atoms with Gasteiger partial charge < -0.3 is 14.2 Å². The van der Waals surface area contributed by atoms with E-state index in [2.05, 4.69) is 12.1 Å². The van der Waals surface area contributed by atoms with Gasteiger partial charge in [-0.1, -0.05) is 78.9 Å². The van der Waals surface area contributed by atoms with Gasteiger partial charge in [0.1, 0.15) is 18.1 Å². The molecule has 3 rings (SSSR count). The van der Waals surface area contributed by atoms with Gasteiger partial charge in [-0.25, -0.2) is 0 Å². The van der Waals surface area contributed by atoms with Crippen molar-refractivity contribution in [1.82, 2.24) is 0 Å². The Morgan fingerprint density at radius 2 is 1.29 bits per heavy atom. The fraction of sp³-hybridized carbons (Fsp3) is 0.160. The smallest absolute Gasteiger partial charge is 0.177 e. The third-order valence-corrected chi connectivity index (χ3v) is 3.98. The van der Waals surface area contributed by atoms with Crippen LogP contribution in [0.4, 0.5) is 0 Å². The average molecular weight is 373 g/mol. The molecule has 0 fully saturated rings. The Balaban J connectivity index is 1.47. The van der Waals surface area contributed by atoms with E-state index in [0.29, 0.717) is 26.2 Å². The van der Waals surface area contributed by atoms with Crippen LogP contribution in [0.15, 0.2) is 103 Å². The molecule has 0 saturated heterocycles. The Hall–Kier alpha value is -3.04. The van der Waals surface area contributed by atoms with Gasteiger partial charge in [0, 0.05) is 6.42 Å². The highest BCUT2D eigenvalue weighted by atomic mass is 16.5. The van der Waals surface area contributed by atoms with Crippen molar-refractivity contribution in [3.05, 3.63) is 115 Å². The van der Waals surface area contributed by atoms with Crippen molar-refractivity contribution >= 4 is 0 Å². The Morgan fingerprint density at radius 1 is 0.679 bits per heavy atom. The highest BCUT2D eigenvalue weighted by Gasteiger charge is 2.11. The van der Waals surface area contributed by atoms with E-state index in [1.807, 2.05) is 91.0 Å². The number of rotatable bonds is 11. The summed E-state index contributed by atoms with van der Waals surface area (Å²) in [5, 5.41) is 0. The van der Waals surface area contributed by atoms with E-state index in [4.69, 9.17) is 14.2 Å².